The summed E-state index contributed by atoms with van der Waals surface area (Å²) in [5.74, 6) is 7.32. The average molecular weight is 234 g/mol. The maximum Gasteiger partial charge on any atom is 0.124 e. The Hall–Kier alpha value is -1.52. The zero-order valence-electron chi connectivity index (χ0n) is 10.2. The lowest BCUT2D eigenvalue weighted by Gasteiger charge is -2.20. The lowest BCUT2D eigenvalue weighted by Crippen LogP contribution is -2.30. The van der Waals surface area contributed by atoms with Crippen molar-refractivity contribution in [3.05, 3.63) is 41.2 Å². The van der Waals surface area contributed by atoms with Gasteiger partial charge in [-0.1, -0.05) is 17.7 Å². The van der Waals surface area contributed by atoms with E-state index < -0.39 is 0 Å². The molecule has 2 rings (SSSR count). The van der Waals surface area contributed by atoms with Gasteiger partial charge < -0.3 is 9.47 Å². The van der Waals surface area contributed by atoms with Crippen LogP contribution in [0.15, 0.2) is 30.0 Å². The third-order valence-corrected chi connectivity index (χ3v) is 2.88. The van der Waals surface area contributed by atoms with E-state index in [-0.39, 0.29) is 6.04 Å². The molecule has 1 aromatic carbocycles. The standard InChI is InChI=1S/C13H18N2O2/c1-9-5-6-11(16-2)10(8-9)13(15-14)12-4-3-7-17-12/h4-6,8,13,15H,3,7,14H2,1-2H3. The lowest BCUT2D eigenvalue weighted by molar-refractivity contribution is 0.214. The second-order valence-corrected chi connectivity index (χ2v) is 4.09. The Labute approximate surface area is 101 Å². The van der Waals surface area contributed by atoms with Crippen molar-refractivity contribution >= 4 is 0 Å². The van der Waals surface area contributed by atoms with Crippen LogP contribution in [0.2, 0.25) is 0 Å². The van der Waals surface area contributed by atoms with Crippen LogP contribution in [0.1, 0.15) is 23.6 Å². The summed E-state index contributed by atoms with van der Waals surface area (Å²) in [6, 6.07) is 5.88. The number of benzene rings is 1. The van der Waals surface area contributed by atoms with Crippen LogP contribution in [-0.2, 0) is 4.74 Å². The number of aryl methyl sites for hydroxylation is 1. The molecule has 0 fully saturated rings. The van der Waals surface area contributed by atoms with Gasteiger partial charge >= 0.3 is 0 Å². The van der Waals surface area contributed by atoms with Crippen LogP contribution in [0.25, 0.3) is 0 Å². The van der Waals surface area contributed by atoms with E-state index in [0.29, 0.717) is 0 Å². The fraction of sp³-hybridized carbons (Fsp3) is 0.385. The fourth-order valence-electron chi connectivity index (χ4n) is 2.04. The first-order chi connectivity index (χ1) is 8.26. The molecule has 0 aliphatic carbocycles. The highest BCUT2D eigenvalue weighted by atomic mass is 16.5. The van der Waals surface area contributed by atoms with Gasteiger partial charge in [0.05, 0.1) is 13.7 Å². The van der Waals surface area contributed by atoms with Crippen molar-refractivity contribution in [1.29, 1.82) is 0 Å². The van der Waals surface area contributed by atoms with Gasteiger partial charge in [0.1, 0.15) is 17.6 Å². The number of ether oxygens (including phenoxy) is 2. The van der Waals surface area contributed by atoms with E-state index in [9.17, 15) is 0 Å². The van der Waals surface area contributed by atoms with E-state index in [4.69, 9.17) is 15.3 Å². The monoisotopic (exact) mass is 234 g/mol. The molecule has 0 radical (unpaired) electrons. The summed E-state index contributed by atoms with van der Waals surface area (Å²) in [5, 5.41) is 0. The molecule has 0 saturated heterocycles. The second-order valence-electron chi connectivity index (χ2n) is 4.09. The Morgan fingerprint density at radius 1 is 1.47 bits per heavy atom. The summed E-state index contributed by atoms with van der Waals surface area (Å²) in [6.07, 6.45) is 2.99. The number of nitrogens with two attached hydrogens (primary N) is 1. The minimum Gasteiger partial charge on any atom is -0.496 e. The zero-order chi connectivity index (χ0) is 12.3. The quantitative estimate of drug-likeness (QED) is 0.616. The Morgan fingerprint density at radius 2 is 2.29 bits per heavy atom. The Bertz CT molecular complexity index is 429. The summed E-state index contributed by atoms with van der Waals surface area (Å²) in [6.45, 7) is 2.77. The van der Waals surface area contributed by atoms with Gasteiger partial charge in [0.15, 0.2) is 0 Å². The van der Waals surface area contributed by atoms with Gasteiger partial charge in [-0.05, 0) is 19.1 Å². The predicted octanol–water partition coefficient (Wildman–Crippen LogP) is 1.81. The minimum atomic E-state index is -0.146. The van der Waals surface area contributed by atoms with E-state index in [2.05, 4.69) is 17.6 Å². The SMILES string of the molecule is COc1ccc(C)cc1C(NN)C1=CCCO1. The number of methoxy groups -OCH3 is 1. The minimum absolute atomic E-state index is 0.146. The molecule has 1 aromatic rings. The summed E-state index contributed by atoms with van der Waals surface area (Å²) < 4.78 is 10.9. The maximum absolute atomic E-state index is 5.63. The van der Waals surface area contributed by atoms with Crippen molar-refractivity contribution in [3.63, 3.8) is 0 Å². The van der Waals surface area contributed by atoms with Gasteiger partial charge in [-0.3, -0.25) is 5.84 Å². The molecule has 4 heteroatoms. The first-order valence-electron chi connectivity index (χ1n) is 5.69. The normalized spacial score (nSPS) is 16.3. The molecule has 0 spiro atoms. The van der Waals surface area contributed by atoms with Crippen LogP contribution in [0.4, 0.5) is 0 Å². The van der Waals surface area contributed by atoms with Gasteiger partial charge in [-0.2, -0.15) is 0 Å². The van der Waals surface area contributed by atoms with Crippen LogP contribution < -0.4 is 16.0 Å². The number of hydrogen-bond acceptors (Lipinski definition) is 4. The molecule has 92 valence electrons. The molecule has 4 nitrogen and oxygen atoms in total. The zero-order valence-corrected chi connectivity index (χ0v) is 10.2. The molecule has 1 unspecified atom stereocenters. The van der Waals surface area contributed by atoms with Gasteiger partial charge in [0.25, 0.3) is 0 Å². The fourth-order valence-corrected chi connectivity index (χ4v) is 2.04. The van der Waals surface area contributed by atoms with Crippen LogP contribution in [0, 0.1) is 6.92 Å². The molecule has 0 bridgehead atoms. The molecule has 3 N–H and O–H groups in total. The number of nitrogens with one attached hydrogen (secondary N) is 1. The summed E-state index contributed by atoms with van der Waals surface area (Å²) in [7, 11) is 1.66. The molecule has 0 aromatic heterocycles. The van der Waals surface area contributed by atoms with Crippen LogP contribution in [0.3, 0.4) is 0 Å². The third-order valence-electron chi connectivity index (χ3n) is 2.88. The van der Waals surface area contributed by atoms with E-state index in [0.717, 1.165) is 30.1 Å². The first-order valence-corrected chi connectivity index (χ1v) is 5.69. The summed E-state index contributed by atoms with van der Waals surface area (Å²) in [4.78, 5) is 0. The molecule has 0 saturated carbocycles. The Balaban J connectivity index is 2.38. The largest absolute Gasteiger partial charge is 0.496 e. The maximum atomic E-state index is 5.63. The lowest BCUT2D eigenvalue weighted by atomic mass is 10.0. The molecule has 1 atom stereocenters. The van der Waals surface area contributed by atoms with Crippen molar-refractivity contribution in [2.45, 2.75) is 19.4 Å². The molecule has 0 amide bonds. The molecular weight excluding hydrogens is 216 g/mol. The molecule has 1 aliphatic rings. The molecular formula is C13H18N2O2. The Morgan fingerprint density at radius 3 is 2.88 bits per heavy atom. The smallest absolute Gasteiger partial charge is 0.124 e. The predicted molar refractivity (Wildman–Crippen MR) is 66.4 cm³/mol. The van der Waals surface area contributed by atoms with Gasteiger partial charge in [0, 0.05) is 12.0 Å². The van der Waals surface area contributed by atoms with Crippen LogP contribution in [-0.4, -0.2) is 13.7 Å². The van der Waals surface area contributed by atoms with E-state index >= 15 is 0 Å². The third kappa shape index (κ3) is 2.43. The van der Waals surface area contributed by atoms with Crippen molar-refractivity contribution in [2.75, 3.05) is 13.7 Å². The van der Waals surface area contributed by atoms with Crippen molar-refractivity contribution < 1.29 is 9.47 Å². The summed E-state index contributed by atoms with van der Waals surface area (Å²) >= 11 is 0. The Kier molecular flexibility index (Phi) is 3.66. The van der Waals surface area contributed by atoms with E-state index in [1.807, 2.05) is 19.1 Å². The van der Waals surface area contributed by atoms with E-state index in [1.165, 1.54) is 5.56 Å². The highest BCUT2D eigenvalue weighted by molar-refractivity contribution is 5.42. The topological polar surface area (TPSA) is 56.5 Å². The molecule has 1 heterocycles. The van der Waals surface area contributed by atoms with Crippen molar-refractivity contribution in [1.82, 2.24) is 5.43 Å². The van der Waals surface area contributed by atoms with Gasteiger partial charge in [-0.15, -0.1) is 0 Å². The highest BCUT2D eigenvalue weighted by Crippen LogP contribution is 2.32. The number of rotatable bonds is 4. The summed E-state index contributed by atoms with van der Waals surface area (Å²) in [5.41, 5.74) is 4.96. The number of hydrogen-bond donors (Lipinski definition) is 2. The molecule has 17 heavy (non-hydrogen) atoms. The van der Waals surface area contributed by atoms with Gasteiger partial charge in [-0.25, -0.2) is 5.43 Å². The van der Waals surface area contributed by atoms with Crippen LogP contribution >= 0.6 is 0 Å². The van der Waals surface area contributed by atoms with Crippen molar-refractivity contribution in [3.8, 4) is 5.75 Å². The van der Waals surface area contributed by atoms with Gasteiger partial charge in [0.2, 0.25) is 0 Å². The van der Waals surface area contributed by atoms with Crippen molar-refractivity contribution in [2.24, 2.45) is 5.84 Å². The first kappa shape index (κ1) is 12.0. The molecule has 1 aliphatic heterocycles. The highest BCUT2D eigenvalue weighted by Gasteiger charge is 2.22. The second kappa shape index (κ2) is 5.21. The number of hydrazine groups is 1. The average Bonchev–Trinajstić information content (AvgIpc) is 2.84. The van der Waals surface area contributed by atoms with Crippen LogP contribution in [0.5, 0.6) is 5.75 Å². The van der Waals surface area contributed by atoms with E-state index in [1.54, 1.807) is 7.11 Å².